The Bertz CT molecular complexity index is 446. The minimum absolute atomic E-state index is 0.0145. The van der Waals surface area contributed by atoms with Crippen LogP contribution in [0, 0.1) is 0 Å². The van der Waals surface area contributed by atoms with Crippen LogP contribution in [0.3, 0.4) is 0 Å². The molecule has 0 bridgehead atoms. The molecule has 1 aromatic heterocycles. The maximum absolute atomic E-state index is 10.3. The lowest BCUT2D eigenvalue weighted by molar-refractivity contribution is 0.00527. The first-order valence-electron chi connectivity index (χ1n) is 7.99. The van der Waals surface area contributed by atoms with Gasteiger partial charge in [0.1, 0.15) is 0 Å². The number of ether oxygens (including phenoxy) is 1. The number of β-amino-alcohol motifs (C(OH)–C–C–N with tert-alkyl or cyclic N) is 1. The first-order valence-corrected chi connectivity index (χ1v) is 7.99. The molecule has 126 valence electrons. The molecule has 0 aromatic carbocycles. The minimum atomic E-state index is -0.405. The van der Waals surface area contributed by atoms with Crippen molar-refractivity contribution in [1.29, 1.82) is 0 Å². The summed E-state index contributed by atoms with van der Waals surface area (Å²) in [5, 5.41) is 14.3. The fourth-order valence-corrected chi connectivity index (χ4v) is 2.47. The number of likely N-dealkylation sites (N-methyl/N-ethyl adjacent to an activating group) is 1. The molecule has 2 unspecified atom stereocenters. The maximum Gasteiger partial charge on any atom is 0.243 e. The molecule has 7 heteroatoms. The third kappa shape index (κ3) is 4.74. The third-order valence-corrected chi connectivity index (χ3v) is 4.06. The van der Waals surface area contributed by atoms with Crippen LogP contribution in [-0.4, -0.2) is 77.6 Å². The van der Waals surface area contributed by atoms with E-state index in [1.54, 1.807) is 0 Å². The summed E-state index contributed by atoms with van der Waals surface area (Å²) < 4.78 is 10.6. The molecule has 0 spiro atoms. The standard InChI is InChI=1S/C15H28N4O3/c1-11(2)14-16-15(22-17-14)12(3)18(4)9-13(20)10-19-5-7-21-8-6-19/h11-13,20H,5-10H2,1-4H3. The molecule has 2 atom stereocenters. The summed E-state index contributed by atoms with van der Waals surface area (Å²) in [6, 6.07) is -0.0145. The minimum Gasteiger partial charge on any atom is -0.390 e. The van der Waals surface area contributed by atoms with Gasteiger partial charge in [-0.15, -0.1) is 0 Å². The molecule has 0 aliphatic carbocycles. The highest BCUT2D eigenvalue weighted by Gasteiger charge is 2.23. The van der Waals surface area contributed by atoms with Crippen LogP contribution in [0.5, 0.6) is 0 Å². The largest absolute Gasteiger partial charge is 0.390 e. The number of aromatic nitrogens is 2. The Morgan fingerprint density at radius 2 is 1.95 bits per heavy atom. The molecule has 1 aliphatic heterocycles. The van der Waals surface area contributed by atoms with E-state index >= 15 is 0 Å². The molecule has 1 fully saturated rings. The molecule has 0 saturated carbocycles. The van der Waals surface area contributed by atoms with Gasteiger partial charge in [-0.3, -0.25) is 9.80 Å². The summed E-state index contributed by atoms with van der Waals surface area (Å²) in [5.74, 6) is 1.58. The first kappa shape index (κ1) is 17.3. The summed E-state index contributed by atoms with van der Waals surface area (Å²) in [6.07, 6.45) is -0.405. The van der Waals surface area contributed by atoms with Crippen LogP contribution in [0.1, 0.15) is 44.4 Å². The van der Waals surface area contributed by atoms with Crippen molar-refractivity contribution in [2.75, 3.05) is 46.4 Å². The van der Waals surface area contributed by atoms with Gasteiger partial charge < -0.3 is 14.4 Å². The average Bonchev–Trinajstić information content (AvgIpc) is 2.97. The van der Waals surface area contributed by atoms with E-state index in [1.807, 2.05) is 32.7 Å². The molecule has 2 heterocycles. The second-order valence-electron chi connectivity index (χ2n) is 6.33. The molecule has 7 nitrogen and oxygen atoms in total. The number of aliphatic hydroxyl groups is 1. The molecule has 22 heavy (non-hydrogen) atoms. The summed E-state index contributed by atoms with van der Waals surface area (Å²) in [7, 11) is 1.96. The predicted octanol–water partition coefficient (Wildman–Crippen LogP) is 0.879. The Morgan fingerprint density at radius 3 is 2.55 bits per heavy atom. The topological polar surface area (TPSA) is 74.9 Å². The fourth-order valence-electron chi connectivity index (χ4n) is 2.47. The highest BCUT2D eigenvalue weighted by atomic mass is 16.5. The van der Waals surface area contributed by atoms with Gasteiger partial charge in [-0.25, -0.2) is 0 Å². The SMILES string of the molecule is CC(C)c1noc(C(C)N(C)CC(O)CN2CCOCC2)n1. The van der Waals surface area contributed by atoms with Gasteiger partial charge >= 0.3 is 0 Å². The van der Waals surface area contributed by atoms with E-state index in [0.717, 1.165) is 32.1 Å². The molecular formula is C15H28N4O3. The highest BCUT2D eigenvalue weighted by molar-refractivity contribution is 4.95. The van der Waals surface area contributed by atoms with Gasteiger partial charge in [0.25, 0.3) is 0 Å². The van der Waals surface area contributed by atoms with E-state index < -0.39 is 6.10 Å². The van der Waals surface area contributed by atoms with E-state index in [0.29, 0.717) is 19.0 Å². The van der Waals surface area contributed by atoms with Gasteiger partial charge in [0.15, 0.2) is 5.82 Å². The summed E-state index contributed by atoms with van der Waals surface area (Å²) in [5.41, 5.74) is 0. The van der Waals surface area contributed by atoms with E-state index in [1.165, 1.54) is 0 Å². The van der Waals surface area contributed by atoms with Gasteiger partial charge in [0, 0.05) is 32.1 Å². The molecule has 1 aromatic rings. The van der Waals surface area contributed by atoms with Crippen molar-refractivity contribution in [3.05, 3.63) is 11.7 Å². The second kappa shape index (κ2) is 8.01. The number of rotatable bonds is 7. The Labute approximate surface area is 132 Å². The predicted molar refractivity (Wildman–Crippen MR) is 82.7 cm³/mol. The van der Waals surface area contributed by atoms with Gasteiger partial charge in [-0.2, -0.15) is 4.98 Å². The molecule has 1 aliphatic rings. The number of nitrogens with zero attached hydrogens (tertiary/aromatic N) is 4. The Balaban J connectivity index is 1.82. The van der Waals surface area contributed by atoms with Gasteiger partial charge in [0.05, 0.1) is 25.4 Å². The highest BCUT2D eigenvalue weighted by Crippen LogP contribution is 2.19. The van der Waals surface area contributed by atoms with Crippen LogP contribution in [0.4, 0.5) is 0 Å². The zero-order valence-electron chi connectivity index (χ0n) is 14.0. The van der Waals surface area contributed by atoms with Crippen molar-refractivity contribution >= 4 is 0 Å². The molecule has 1 N–H and O–H groups in total. The van der Waals surface area contributed by atoms with Crippen molar-refractivity contribution in [3.8, 4) is 0 Å². The molecular weight excluding hydrogens is 284 g/mol. The van der Waals surface area contributed by atoms with Crippen molar-refractivity contribution in [2.45, 2.75) is 38.8 Å². The van der Waals surface area contributed by atoms with Crippen LogP contribution in [0.2, 0.25) is 0 Å². The number of hydrogen-bond acceptors (Lipinski definition) is 7. The Hall–Kier alpha value is -1.02. The van der Waals surface area contributed by atoms with Crippen LogP contribution in [0.25, 0.3) is 0 Å². The summed E-state index contributed by atoms with van der Waals surface area (Å²) >= 11 is 0. The normalized spacial score (nSPS) is 19.8. The van der Waals surface area contributed by atoms with Gasteiger partial charge in [0.2, 0.25) is 5.89 Å². The van der Waals surface area contributed by atoms with Crippen LogP contribution >= 0.6 is 0 Å². The quantitative estimate of drug-likeness (QED) is 0.801. The average molecular weight is 312 g/mol. The van der Waals surface area contributed by atoms with Crippen LogP contribution < -0.4 is 0 Å². The Kier molecular flexibility index (Phi) is 6.31. The molecule has 0 radical (unpaired) electrons. The zero-order valence-corrected chi connectivity index (χ0v) is 14.0. The molecule has 0 amide bonds. The van der Waals surface area contributed by atoms with Crippen molar-refractivity contribution in [3.63, 3.8) is 0 Å². The zero-order chi connectivity index (χ0) is 16.1. The van der Waals surface area contributed by atoms with Gasteiger partial charge in [-0.05, 0) is 14.0 Å². The van der Waals surface area contributed by atoms with E-state index in [-0.39, 0.29) is 12.0 Å². The third-order valence-electron chi connectivity index (χ3n) is 4.06. The van der Waals surface area contributed by atoms with Crippen molar-refractivity contribution < 1.29 is 14.4 Å². The van der Waals surface area contributed by atoms with Crippen molar-refractivity contribution in [1.82, 2.24) is 19.9 Å². The van der Waals surface area contributed by atoms with Crippen molar-refractivity contribution in [2.24, 2.45) is 0 Å². The lowest BCUT2D eigenvalue weighted by Crippen LogP contribution is -2.44. The van der Waals surface area contributed by atoms with E-state index in [4.69, 9.17) is 9.26 Å². The van der Waals surface area contributed by atoms with E-state index in [9.17, 15) is 5.11 Å². The summed E-state index contributed by atoms with van der Waals surface area (Å²) in [6.45, 7) is 10.6. The number of hydrogen-bond donors (Lipinski definition) is 1. The second-order valence-corrected chi connectivity index (χ2v) is 6.33. The lowest BCUT2D eigenvalue weighted by atomic mass is 10.2. The smallest absolute Gasteiger partial charge is 0.243 e. The van der Waals surface area contributed by atoms with Crippen LogP contribution in [-0.2, 0) is 4.74 Å². The first-order chi connectivity index (χ1) is 10.5. The molecule has 2 rings (SSSR count). The number of morpholine rings is 1. The fraction of sp³-hybridized carbons (Fsp3) is 0.867. The molecule has 1 saturated heterocycles. The monoisotopic (exact) mass is 312 g/mol. The number of aliphatic hydroxyl groups excluding tert-OH is 1. The van der Waals surface area contributed by atoms with Crippen LogP contribution in [0.15, 0.2) is 4.52 Å². The Morgan fingerprint density at radius 1 is 1.27 bits per heavy atom. The summed E-state index contributed by atoms with van der Waals surface area (Å²) in [4.78, 5) is 8.70. The maximum atomic E-state index is 10.3. The van der Waals surface area contributed by atoms with E-state index in [2.05, 4.69) is 15.0 Å². The van der Waals surface area contributed by atoms with Gasteiger partial charge in [-0.1, -0.05) is 19.0 Å². The lowest BCUT2D eigenvalue weighted by Gasteiger charge is -2.31.